The number of ketones is 1. The van der Waals surface area contributed by atoms with Gasteiger partial charge in [0.15, 0.2) is 0 Å². The summed E-state index contributed by atoms with van der Waals surface area (Å²) in [5.74, 6) is -1.88. The summed E-state index contributed by atoms with van der Waals surface area (Å²) >= 11 is 0. The molecule has 1 aliphatic heterocycles. The van der Waals surface area contributed by atoms with E-state index in [9.17, 15) is 24.5 Å². The van der Waals surface area contributed by atoms with Gasteiger partial charge in [-0.2, -0.15) is 0 Å². The lowest BCUT2D eigenvalue weighted by molar-refractivity contribution is -0.384. The number of carbonyl (C=O) groups excluding carboxylic acids is 3. The maximum Gasteiger partial charge on any atom is 0.338 e. The minimum atomic E-state index is -0.727. The van der Waals surface area contributed by atoms with Crippen LogP contribution >= 0.6 is 0 Å². The second-order valence-electron chi connectivity index (χ2n) is 5.58. The molecule has 3 rings (SSSR count). The number of amides is 1. The van der Waals surface area contributed by atoms with Crippen LogP contribution in [0, 0.1) is 10.1 Å². The van der Waals surface area contributed by atoms with Crippen molar-refractivity contribution >= 4 is 34.7 Å². The van der Waals surface area contributed by atoms with Crippen molar-refractivity contribution in [3.63, 3.8) is 0 Å². The molecule has 0 saturated heterocycles. The Morgan fingerprint density at radius 1 is 1.19 bits per heavy atom. The lowest BCUT2D eigenvalue weighted by Gasteiger charge is -2.28. The number of nitro groups is 1. The predicted octanol–water partition coefficient (Wildman–Crippen LogP) is 2.56. The molecule has 0 radical (unpaired) electrons. The number of nitrogens with zero attached hydrogens (tertiary/aromatic N) is 2. The van der Waals surface area contributed by atoms with Gasteiger partial charge in [0.2, 0.25) is 5.78 Å². The number of nitro benzene ring substituents is 1. The summed E-state index contributed by atoms with van der Waals surface area (Å²) in [7, 11) is 0. The molecule has 8 nitrogen and oxygen atoms in total. The lowest BCUT2D eigenvalue weighted by Crippen LogP contribution is -2.38. The van der Waals surface area contributed by atoms with Crippen LogP contribution in [0.1, 0.15) is 22.8 Å². The molecular formula is C18H14N2O6. The summed E-state index contributed by atoms with van der Waals surface area (Å²) in [6.45, 7) is 1.94. The highest BCUT2D eigenvalue weighted by Crippen LogP contribution is 2.35. The van der Waals surface area contributed by atoms with Crippen molar-refractivity contribution in [2.24, 2.45) is 0 Å². The molecule has 0 aromatic heterocycles. The number of non-ortho nitro benzene ring substituents is 1. The first-order chi connectivity index (χ1) is 12.4. The first-order valence-corrected chi connectivity index (χ1v) is 7.84. The fraction of sp³-hybridized carbons (Fsp3) is 0.167. The van der Waals surface area contributed by atoms with Gasteiger partial charge in [0.1, 0.15) is 0 Å². The van der Waals surface area contributed by atoms with Gasteiger partial charge in [-0.25, -0.2) is 4.79 Å². The van der Waals surface area contributed by atoms with Gasteiger partial charge in [0.05, 0.1) is 22.8 Å². The van der Waals surface area contributed by atoms with E-state index in [1.165, 1.54) is 47.4 Å². The van der Waals surface area contributed by atoms with Crippen LogP contribution in [0.4, 0.5) is 17.1 Å². The summed E-state index contributed by atoms with van der Waals surface area (Å²) < 4.78 is 4.91. The van der Waals surface area contributed by atoms with Crippen LogP contribution in [0.25, 0.3) is 0 Å². The molecule has 132 valence electrons. The summed E-state index contributed by atoms with van der Waals surface area (Å²) in [5, 5.41) is 10.9. The standard InChI is InChI=1S/C18H14N2O6/c1-2-26-18(23)11-3-5-13(6-4-11)19-15-8-7-14(20(24)25)9-12(15)10-16(21)17(19)22/h3-9H,2,10H2,1H3. The number of hydrogen-bond acceptors (Lipinski definition) is 6. The van der Waals surface area contributed by atoms with Crippen LogP contribution in [0.3, 0.4) is 0 Å². The number of fused-ring (bicyclic) bond motifs is 1. The van der Waals surface area contributed by atoms with E-state index >= 15 is 0 Å². The van der Waals surface area contributed by atoms with Crippen LogP contribution in [-0.2, 0) is 20.7 Å². The predicted molar refractivity (Wildman–Crippen MR) is 91.4 cm³/mol. The number of esters is 1. The van der Waals surface area contributed by atoms with Crippen LogP contribution in [0.15, 0.2) is 42.5 Å². The molecular weight excluding hydrogens is 340 g/mol. The second kappa shape index (κ2) is 6.75. The zero-order valence-electron chi connectivity index (χ0n) is 13.8. The van der Waals surface area contributed by atoms with E-state index in [1.54, 1.807) is 6.92 Å². The van der Waals surface area contributed by atoms with Gasteiger partial charge in [-0.05, 0) is 42.8 Å². The van der Waals surface area contributed by atoms with E-state index in [0.717, 1.165) is 0 Å². The molecule has 0 saturated carbocycles. The molecule has 0 unspecified atom stereocenters. The van der Waals surface area contributed by atoms with Crippen LogP contribution in [0.5, 0.6) is 0 Å². The number of ether oxygens (including phenoxy) is 1. The number of hydrogen-bond donors (Lipinski definition) is 0. The van der Waals surface area contributed by atoms with Crippen molar-refractivity contribution in [3.05, 3.63) is 63.7 Å². The van der Waals surface area contributed by atoms with E-state index in [2.05, 4.69) is 0 Å². The van der Waals surface area contributed by atoms with Gasteiger partial charge in [-0.15, -0.1) is 0 Å². The summed E-state index contributed by atoms with van der Waals surface area (Å²) in [6.07, 6.45) is -0.187. The molecule has 0 fully saturated rings. The number of anilines is 2. The molecule has 8 heteroatoms. The molecule has 26 heavy (non-hydrogen) atoms. The zero-order chi connectivity index (χ0) is 18.8. The lowest BCUT2D eigenvalue weighted by atomic mass is 9.98. The van der Waals surface area contributed by atoms with Crippen molar-refractivity contribution in [3.8, 4) is 0 Å². The highest BCUT2D eigenvalue weighted by atomic mass is 16.6. The largest absolute Gasteiger partial charge is 0.462 e. The number of carbonyl (C=O) groups is 3. The minimum Gasteiger partial charge on any atom is -0.462 e. The van der Waals surface area contributed by atoms with E-state index in [4.69, 9.17) is 4.74 Å². The summed E-state index contributed by atoms with van der Waals surface area (Å²) in [5.41, 5.74) is 1.35. The second-order valence-corrected chi connectivity index (χ2v) is 5.58. The molecule has 2 aromatic carbocycles. The fourth-order valence-electron chi connectivity index (χ4n) is 2.75. The highest BCUT2D eigenvalue weighted by Gasteiger charge is 2.33. The molecule has 1 amide bonds. The van der Waals surface area contributed by atoms with Crippen LogP contribution in [0.2, 0.25) is 0 Å². The smallest absolute Gasteiger partial charge is 0.338 e. The molecule has 0 atom stereocenters. The van der Waals surface area contributed by atoms with E-state index < -0.39 is 22.6 Å². The molecule has 1 heterocycles. The van der Waals surface area contributed by atoms with Crippen molar-refractivity contribution in [1.82, 2.24) is 0 Å². The summed E-state index contributed by atoms with van der Waals surface area (Å²) in [6, 6.07) is 10.0. The average molecular weight is 354 g/mol. The maximum absolute atomic E-state index is 12.4. The van der Waals surface area contributed by atoms with Gasteiger partial charge in [-0.3, -0.25) is 24.6 Å². The fourth-order valence-corrected chi connectivity index (χ4v) is 2.75. The Balaban J connectivity index is 2.02. The Hall–Kier alpha value is -3.55. The topological polar surface area (TPSA) is 107 Å². The number of Topliss-reactive ketones (excluding diaryl/α,β-unsaturated/α-hetero) is 1. The molecule has 0 aliphatic carbocycles. The van der Waals surface area contributed by atoms with Gasteiger partial charge < -0.3 is 4.74 Å². The highest BCUT2D eigenvalue weighted by molar-refractivity contribution is 6.45. The van der Waals surface area contributed by atoms with Gasteiger partial charge >= 0.3 is 5.97 Å². The van der Waals surface area contributed by atoms with E-state index in [-0.39, 0.29) is 18.7 Å². The Bertz CT molecular complexity index is 920. The Kier molecular flexibility index (Phi) is 4.49. The SMILES string of the molecule is CCOC(=O)c1ccc(N2C(=O)C(=O)Cc3cc([N+](=O)[O-])ccc32)cc1. The quantitative estimate of drug-likeness (QED) is 0.361. The number of benzene rings is 2. The third-order valence-corrected chi connectivity index (χ3v) is 3.94. The molecule has 1 aliphatic rings. The molecule has 0 bridgehead atoms. The maximum atomic E-state index is 12.4. The van der Waals surface area contributed by atoms with Crippen molar-refractivity contribution in [1.29, 1.82) is 0 Å². The Morgan fingerprint density at radius 2 is 1.88 bits per heavy atom. The van der Waals surface area contributed by atoms with Crippen LogP contribution < -0.4 is 4.90 Å². The van der Waals surface area contributed by atoms with Gasteiger partial charge in [0.25, 0.3) is 11.6 Å². The average Bonchev–Trinajstić information content (AvgIpc) is 2.63. The van der Waals surface area contributed by atoms with Crippen molar-refractivity contribution in [2.75, 3.05) is 11.5 Å². The van der Waals surface area contributed by atoms with Gasteiger partial charge in [-0.1, -0.05) is 0 Å². The van der Waals surface area contributed by atoms with E-state index in [1.807, 2.05) is 0 Å². The van der Waals surface area contributed by atoms with E-state index in [0.29, 0.717) is 22.5 Å². The summed E-state index contributed by atoms with van der Waals surface area (Å²) in [4.78, 5) is 47.7. The van der Waals surface area contributed by atoms with Gasteiger partial charge in [0, 0.05) is 24.2 Å². The first kappa shape index (κ1) is 17.3. The first-order valence-electron chi connectivity index (χ1n) is 7.84. The third-order valence-electron chi connectivity index (χ3n) is 3.94. The Labute approximate surface area is 148 Å². The van der Waals surface area contributed by atoms with Crippen molar-refractivity contribution in [2.45, 2.75) is 13.3 Å². The normalized spacial score (nSPS) is 13.3. The third kappa shape index (κ3) is 3.04. The molecule has 2 aromatic rings. The van der Waals surface area contributed by atoms with Crippen LogP contribution in [-0.4, -0.2) is 29.2 Å². The monoisotopic (exact) mass is 354 g/mol. The molecule has 0 N–H and O–H groups in total. The minimum absolute atomic E-state index is 0.150. The Morgan fingerprint density at radius 3 is 2.50 bits per heavy atom. The zero-order valence-corrected chi connectivity index (χ0v) is 13.8. The van der Waals surface area contributed by atoms with Crippen molar-refractivity contribution < 1.29 is 24.0 Å². The molecule has 0 spiro atoms. The number of rotatable bonds is 4.